The van der Waals surface area contributed by atoms with E-state index in [1.807, 2.05) is 13.8 Å². The van der Waals surface area contributed by atoms with Crippen LogP contribution in [0.3, 0.4) is 0 Å². The fourth-order valence-electron chi connectivity index (χ4n) is 0.528. The first kappa shape index (κ1) is 9.92. The van der Waals surface area contributed by atoms with Crippen LogP contribution in [0.1, 0.15) is 26.7 Å². The molecule has 0 aliphatic carbocycles. The average Bonchev–Trinajstić information content (AvgIpc) is 1.81. The highest BCUT2D eigenvalue weighted by Crippen LogP contribution is 2.07. The molecule has 0 spiro atoms. The molecule has 0 atom stereocenters. The van der Waals surface area contributed by atoms with Gasteiger partial charge in [-0.15, -0.1) is 11.6 Å². The minimum Gasteiger partial charge on any atom is -0.326 e. The van der Waals surface area contributed by atoms with E-state index < -0.39 is 0 Å². The molecule has 0 fully saturated rings. The summed E-state index contributed by atoms with van der Waals surface area (Å²) < 4.78 is 0. The molecule has 0 heterocycles. The summed E-state index contributed by atoms with van der Waals surface area (Å²) in [6, 6.07) is 0. The van der Waals surface area contributed by atoms with Gasteiger partial charge in [-0.05, 0) is 20.3 Å². The highest BCUT2D eigenvalue weighted by atomic mass is 35.5. The third-order valence-corrected chi connectivity index (χ3v) is 1.50. The van der Waals surface area contributed by atoms with Crippen LogP contribution in [0.25, 0.3) is 0 Å². The van der Waals surface area contributed by atoms with Crippen molar-refractivity contribution in [2.24, 2.45) is 5.73 Å². The number of carbonyl (C=O) groups is 1. The molecular formula is C7H14ClNO. The lowest BCUT2D eigenvalue weighted by molar-refractivity contribution is -0.117. The van der Waals surface area contributed by atoms with Crippen molar-refractivity contribution < 1.29 is 4.79 Å². The van der Waals surface area contributed by atoms with Crippen LogP contribution in [0, 0.1) is 0 Å². The lowest BCUT2D eigenvalue weighted by atomic mass is 9.99. The van der Waals surface area contributed by atoms with Crippen LogP contribution in [0.15, 0.2) is 0 Å². The monoisotopic (exact) mass is 163 g/mol. The molecule has 0 aliphatic heterocycles. The van der Waals surface area contributed by atoms with Crippen LogP contribution in [0.5, 0.6) is 0 Å². The zero-order chi connectivity index (χ0) is 8.20. The quantitative estimate of drug-likeness (QED) is 0.636. The number of hydrogen-bond acceptors (Lipinski definition) is 2. The highest BCUT2D eigenvalue weighted by molar-refractivity contribution is 6.27. The number of rotatable bonds is 4. The SMILES string of the molecule is CC(C)(N)CCC(=O)CCl. The van der Waals surface area contributed by atoms with Gasteiger partial charge in [0.2, 0.25) is 0 Å². The Hall–Kier alpha value is -0.0800. The largest absolute Gasteiger partial charge is 0.326 e. The van der Waals surface area contributed by atoms with E-state index in [4.69, 9.17) is 17.3 Å². The Morgan fingerprint density at radius 3 is 2.40 bits per heavy atom. The summed E-state index contributed by atoms with van der Waals surface area (Å²) in [5.41, 5.74) is 5.39. The lowest BCUT2D eigenvalue weighted by Gasteiger charge is -2.16. The van der Waals surface area contributed by atoms with Gasteiger partial charge in [-0.2, -0.15) is 0 Å². The van der Waals surface area contributed by atoms with Gasteiger partial charge in [0.05, 0.1) is 5.88 Å². The van der Waals surface area contributed by atoms with Crippen molar-refractivity contribution in [3.8, 4) is 0 Å². The maximum Gasteiger partial charge on any atom is 0.147 e. The second-order valence-corrected chi connectivity index (χ2v) is 3.43. The van der Waals surface area contributed by atoms with Gasteiger partial charge >= 0.3 is 0 Å². The van der Waals surface area contributed by atoms with Gasteiger partial charge in [0, 0.05) is 12.0 Å². The van der Waals surface area contributed by atoms with E-state index in [0.717, 1.165) is 0 Å². The van der Waals surface area contributed by atoms with E-state index in [9.17, 15) is 4.79 Å². The normalized spacial score (nSPS) is 11.6. The summed E-state index contributed by atoms with van der Waals surface area (Å²) in [6.45, 7) is 3.79. The molecule has 0 aromatic rings. The molecule has 0 saturated heterocycles. The third-order valence-electron chi connectivity index (χ3n) is 1.20. The van der Waals surface area contributed by atoms with E-state index in [0.29, 0.717) is 12.8 Å². The summed E-state index contributed by atoms with van der Waals surface area (Å²) in [7, 11) is 0. The number of Topliss-reactive ketones (excluding diaryl/α,β-unsaturated/α-hetero) is 1. The summed E-state index contributed by atoms with van der Waals surface area (Å²) in [4.78, 5) is 10.7. The molecule has 2 N–H and O–H groups in total. The molecule has 10 heavy (non-hydrogen) atoms. The third kappa shape index (κ3) is 6.05. The Morgan fingerprint density at radius 1 is 1.60 bits per heavy atom. The molecule has 0 rings (SSSR count). The molecule has 2 nitrogen and oxygen atoms in total. The Balaban J connectivity index is 3.46. The standard InChI is InChI=1S/C7H14ClNO/c1-7(2,9)4-3-6(10)5-8/h3-5,9H2,1-2H3. The molecular weight excluding hydrogens is 150 g/mol. The summed E-state index contributed by atoms with van der Waals surface area (Å²) in [5, 5.41) is 0. The lowest BCUT2D eigenvalue weighted by Crippen LogP contribution is -2.32. The Bertz CT molecular complexity index is 117. The Labute approximate surface area is 66.7 Å². The maximum absolute atomic E-state index is 10.7. The zero-order valence-electron chi connectivity index (χ0n) is 6.48. The van der Waals surface area contributed by atoms with Crippen molar-refractivity contribution in [3.05, 3.63) is 0 Å². The predicted molar refractivity (Wildman–Crippen MR) is 43.2 cm³/mol. The molecule has 0 aliphatic rings. The van der Waals surface area contributed by atoms with Crippen molar-refractivity contribution in [3.63, 3.8) is 0 Å². The van der Waals surface area contributed by atoms with Gasteiger partial charge in [0.1, 0.15) is 5.78 Å². The Morgan fingerprint density at radius 2 is 2.10 bits per heavy atom. The minimum absolute atomic E-state index is 0.0696. The molecule has 0 bridgehead atoms. The number of hydrogen-bond donors (Lipinski definition) is 1. The molecule has 60 valence electrons. The van der Waals surface area contributed by atoms with Crippen LogP contribution in [0.4, 0.5) is 0 Å². The van der Waals surface area contributed by atoms with E-state index in [1.165, 1.54) is 0 Å². The highest BCUT2D eigenvalue weighted by Gasteiger charge is 2.11. The predicted octanol–water partition coefficient (Wildman–Crippen LogP) is 1.31. The first-order valence-electron chi connectivity index (χ1n) is 3.32. The Kier molecular flexibility index (Phi) is 3.91. The number of nitrogens with two attached hydrogens (primary N) is 1. The molecule has 0 unspecified atom stereocenters. The topological polar surface area (TPSA) is 43.1 Å². The second-order valence-electron chi connectivity index (χ2n) is 3.16. The van der Waals surface area contributed by atoms with Crippen LogP contribution < -0.4 is 5.73 Å². The van der Waals surface area contributed by atoms with Crippen LogP contribution in [-0.2, 0) is 4.79 Å². The summed E-state index contributed by atoms with van der Waals surface area (Å²) in [5.74, 6) is 0.177. The number of carbonyl (C=O) groups excluding carboxylic acids is 1. The van der Waals surface area contributed by atoms with Gasteiger partial charge in [-0.3, -0.25) is 4.79 Å². The minimum atomic E-state index is -0.248. The van der Waals surface area contributed by atoms with Gasteiger partial charge in [-0.25, -0.2) is 0 Å². The number of halogens is 1. The molecule has 0 aromatic carbocycles. The first-order valence-corrected chi connectivity index (χ1v) is 3.86. The van der Waals surface area contributed by atoms with Crippen LogP contribution >= 0.6 is 11.6 Å². The van der Waals surface area contributed by atoms with Gasteiger partial charge < -0.3 is 5.73 Å². The molecule has 0 saturated carbocycles. The summed E-state index contributed by atoms with van der Waals surface area (Å²) in [6.07, 6.45) is 1.20. The van der Waals surface area contributed by atoms with Crippen molar-refractivity contribution in [2.75, 3.05) is 5.88 Å². The number of ketones is 1. The number of alkyl halides is 1. The smallest absolute Gasteiger partial charge is 0.147 e. The van der Waals surface area contributed by atoms with Gasteiger partial charge in [0.25, 0.3) is 0 Å². The average molecular weight is 164 g/mol. The van der Waals surface area contributed by atoms with Gasteiger partial charge in [0.15, 0.2) is 0 Å². The van der Waals surface area contributed by atoms with E-state index in [2.05, 4.69) is 0 Å². The fraction of sp³-hybridized carbons (Fsp3) is 0.857. The van der Waals surface area contributed by atoms with Crippen molar-refractivity contribution >= 4 is 17.4 Å². The van der Waals surface area contributed by atoms with E-state index in [1.54, 1.807) is 0 Å². The molecule has 0 amide bonds. The van der Waals surface area contributed by atoms with E-state index >= 15 is 0 Å². The molecule has 3 heteroatoms. The molecule has 0 radical (unpaired) electrons. The van der Waals surface area contributed by atoms with Crippen molar-refractivity contribution in [2.45, 2.75) is 32.2 Å². The zero-order valence-corrected chi connectivity index (χ0v) is 7.24. The van der Waals surface area contributed by atoms with Gasteiger partial charge in [-0.1, -0.05) is 0 Å². The maximum atomic E-state index is 10.7. The van der Waals surface area contributed by atoms with Crippen molar-refractivity contribution in [1.82, 2.24) is 0 Å². The second kappa shape index (κ2) is 3.94. The molecule has 0 aromatic heterocycles. The first-order chi connectivity index (χ1) is 4.45. The van der Waals surface area contributed by atoms with Crippen LogP contribution in [-0.4, -0.2) is 17.2 Å². The fourth-order valence-corrected chi connectivity index (χ4v) is 0.662. The van der Waals surface area contributed by atoms with E-state index in [-0.39, 0.29) is 17.2 Å². The summed E-state index contributed by atoms with van der Waals surface area (Å²) >= 11 is 5.29. The van der Waals surface area contributed by atoms with Crippen LogP contribution in [0.2, 0.25) is 0 Å². The van der Waals surface area contributed by atoms with Crippen molar-refractivity contribution in [1.29, 1.82) is 0 Å².